The number of allylic oxidation sites excluding steroid dienone is 4. The van der Waals surface area contributed by atoms with Crippen LogP contribution in [0, 0.1) is 11.5 Å². The van der Waals surface area contributed by atoms with Gasteiger partial charge in [-0.1, -0.05) is 26.2 Å². The molecule has 1 aliphatic carbocycles. The van der Waals surface area contributed by atoms with E-state index in [2.05, 4.69) is 32.9 Å². The standard InChI is InChI=1S/C8H11.Li/c1-7-5-4-6-8(7,2)3;/h4,6H,1-3H3;/q-1;+1. The Kier molecular flexibility index (Phi) is 2.80. The summed E-state index contributed by atoms with van der Waals surface area (Å²) in [6.45, 7) is 6.50. The van der Waals surface area contributed by atoms with Gasteiger partial charge in [-0.15, -0.1) is 0 Å². The van der Waals surface area contributed by atoms with Gasteiger partial charge in [0.1, 0.15) is 0 Å². The molecule has 0 aliphatic heterocycles. The van der Waals surface area contributed by atoms with E-state index in [4.69, 9.17) is 0 Å². The van der Waals surface area contributed by atoms with Gasteiger partial charge in [0.25, 0.3) is 0 Å². The van der Waals surface area contributed by atoms with Crippen LogP contribution in [0.5, 0.6) is 0 Å². The molecule has 9 heavy (non-hydrogen) atoms. The van der Waals surface area contributed by atoms with E-state index in [1.807, 2.05) is 6.08 Å². The number of hydrogen-bond acceptors (Lipinski definition) is 0. The minimum atomic E-state index is 0. The molecule has 1 heteroatoms. The SMILES string of the molecule is CC1=[C-]C=CC1(C)C.[Li+]. The maximum atomic E-state index is 3.15. The van der Waals surface area contributed by atoms with E-state index >= 15 is 0 Å². The molecule has 0 unspecified atom stereocenters. The first kappa shape index (κ1) is 9.08. The van der Waals surface area contributed by atoms with Gasteiger partial charge in [0, 0.05) is 0 Å². The Morgan fingerprint density at radius 1 is 1.44 bits per heavy atom. The summed E-state index contributed by atoms with van der Waals surface area (Å²) in [7, 11) is 0. The van der Waals surface area contributed by atoms with Gasteiger partial charge in [0.2, 0.25) is 0 Å². The molecule has 0 aromatic carbocycles. The van der Waals surface area contributed by atoms with E-state index in [0.29, 0.717) is 0 Å². The van der Waals surface area contributed by atoms with E-state index in [9.17, 15) is 0 Å². The Labute approximate surface area is 69.2 Å². The van der Waals surface area contributed by atoms with E-state index in [1.165, 1.54) is 5.57 Å². The molecule has 0 N–H and O–H groups in total. The zero-order chi connectivity index (χ0) is 6.20. The number of rotatable bonds is 0. The Morgan fingerprint density at radius 3 is 2.11 bits per heavy atom. The predicted molar refractivity (Wildman–Crippen MR) is 35.4 cm³/mol. The molecule has 0 heterocycles. The van der Waals surface area contributed by atoms with Crippen molar-refractivity contribution in [3.05, 3.63) is 23.8 Å². The van der Waals surface area contributed by atoms with Crippen molar-refractivity contribution in [1.29, 1.82) is 0 Å². The number of hydrogen-bond donors (Lipinski definition) is 0. The second kappa shape index (κ2) is 2.77. The summed E-state index contributed by atoms with van der Waals surface area (Å²) in [5, 5.41) is 0. The van der Waals surface area contributed by atoms with Crippen molar-refractivity contribution in [2.45, 2.75) is 20.8 Å². The van der Waals surface area contributed by atoms with Gasteiger partial charge in [-0.2, -0.15) is 5.57 Å². The van der Waals surface area contributed by atoms with Crippen LogP contribution in [-0.2, 0) is 0 Å². The van der Waals surface area contributed by atoms with Crippen molar-refractivity contribution in [1.82, 2.24) is 0 Å². The zero-order valence-electron chi connectivity index (χ0n) is 6.65. The summed E-state index contributed by atoms with van der Waals surface area (Å²) in [5.41, 5.74) is 1.61. The second-order valence-electron chi connectivity index (χ2n) is 2.82. The van der Waals surface area contributed by atoms with Crippen LogP contribution in [0.3, 0.4) is 0 Å². The van der Waals surface area contributed by atoms with Gasteiger partial charge < -0.3 is 0 Å². The van der Waals surface area contributed by atoms with Crippen LogP contribution in [0.4, 0.5) is 0 Å². The predicted octanol–water partition coefficient (Wildman–Crippen LogP) is -0.664. The summed E-state index contributed by atoms with van der Waals surface area (Å²) in [5.74, 6) is 0. The van der Waals surface area contributed by atoms with Crippen LogP contribution in [0.2, 0.25) is 0 Å². The molecule has 0 fully saturated rings. The fourth-order valence-corrected chi connectivity index (χ4v) is 0.686. The van der Waals surface area contributed by atoms with E-state index in [1.54, 1.807) is 0 Å². The van der Waals surface area contributed by atoms with Gasteiger partial charge in [-0.05, 0) is 0 Å². The minimum Gasteiger partial charge on any atom is -0.253 e. The monoisotopic (exact) mass is 114 g/mol. The fourth-order valence-electron chi connectivity index (χ4n) is 0.686. The molecule has 0 aromatic heterocycles. The molecule has 1 rings (SSSR count). The zero-order valence-corrected chi connectivity index (χ0v) is 6.65. The van der Waals surface area contributed by atoms with Gasteiger partial charge in [0.15, 0.2) is 0 Å². The van der Waals surface area contributed by atoms with Crippen molar-refractivity contribution in [3.63, 3.8) is 0 Å². The van der Waals surface area contributed by atoms with Crippen molar-refractivity contribution in [2.24, 2.45) is 5.41 Å². The maximum absolute atomic E-state index is 3.15. The molecule has 0 atom stereocenters. The summed E-state index contributed by atoms with van der Waals surface area (Å²) < 4.78 is 0. The molecule has 0 aromatic rings. The van der Waals surface area contributed by atoms with Crippen molar-refractivity contribution in [3.8, 4) is 0 Å². The summed E-state index contributed by atoms with van der Waals surface area (Å²) in [6, 6.07) is 0. The summed E-state index contributed by atoms with van der Waals surface area (Å²) >= 11 is 0. The maximum Gasteiger partial charge on any atom is 1.00 e. The average Bonchev–Trinajstić information content (AvgIpc) is 1.86. The molecule has 44 valence electrons. The Bertz CT molecular complexity index is 152. The minimum absolute atomic E-state index is 0. The smallest absolute Gasteiger partial charge is 0.253 e. The van der Waals surface area contributed by atoms with Crippen molar-refractivity contribution < 1.29 is 18.9 Å². The topological polar surface area (TPSA) is 0 Å². The second-order valence-corrected chi connectivity index (χ2v) is 2.82. The quantitative estimate of drug-likeness (QED) is 0.289. The largest absolute Gasteiger partial charge is 1.00 e. The van der Waals surface area contributed by atoms with Crippen molar-refractivity contribution >= 4 is 0 Å². The third kappa shape index (κ3) is 1.74. The molecule has 0 amide bonds. The molecule has 0 radical (unpaired) electrons. The Hall–Kier alpha value is 0.0774. The van der Waals surface area contributed by atoms with Gasteiger partial charge in [0.05, 0.1) is 0 Å². The molecule has 0 saturated heterocycles. The van der Waals surface area contributed by atoms with Gasteiger partial charge in [-0.25, -0.2) is 12.2 Å². The van der Waals surface area contributed by atoms with E-state index in [0.717, 1.165) is 0 Å². The molecular weight excluding hydrogens is 103 g/mol. The van der Waals surface area contributed by atoms with Crippen LogP contribution in [0.1, 0.15) is 20.8 Å². The Morgan fingerprint density at radius 2 is 2.00 bits per heavy atom. The molecule has 0 nitrogen and oxygen atoms in total. The van der Waals surface area contributed by atoms with Crippen LogP contribution < -0.4 is 18.9 Å². The first-order valence-corrected chi connectivity index (χ1v) is 2.91. The first-order valence-electron chi connectivity index (χ1n) is 2.91. The molecular formula is C8H11Li. The van der Waals surface area contributed by atoms with Gasteiger partial charge in [-0.3, -0.25) is 6.08 Å². The van der Waals surface area contributed by atoms with E-state index < -0.39 is 0 Å². The van der Waals surface area contributed by atoms with Crippen molar-refractivity contribution in [2.75, 3.05) is 0 Å². The fraction of sp³-hybridized carbons (Fsp3) is 0.500. The molecule has 0 bridgehead atoms. The first-order chi connectivity index (χ1) is 3.63. The van der Waals surface area contributed by atoms with E-state index in [-0.39, 0.29) is 24.3 Å². The normalized spacial score (nSPS) is 21.0. The third-order valence-electron chi connectivity index (χ3n) is 1.77. The molecule has 1 aliphatic rings. The van der Waals surface area contributed by atoms with Crippen LogP contribution in [-0.4, -0.2) is 0 Å². The summed E-state index contributed by atoms with van der Waals surface area (Å²) in [6.07, 6.45) is 7.31. The molecule has 0 saturated carbocycles. The van der Waals surface area contributed by atoms with Gasteiger partial charge >= 0.3 is 18.9 Å². The third-order valence-corrected chi connectivity index (χ3v) is 1.77. The van der Waals surface area contributed by atoms with Crippen LogP contribution in [0.25, 0.3) is 0 Å². The van der Waals surface area contributed by atoms with Crippen LogP contribution >= 0.6 is 0 Å². The Balaban J connectivity index is 0.000000640. The average molecular weight is 114 g/mol. The summed E-state index contributed by atoms with van der Waals surface area (Å²) in [4.78, 5) is 0. The molecule has 0 spiro atoms. The van der Waals surface area contributed by atoms with Crippen LogP contribution in [0.15, 0.2) is 17.7 Å².